The number of aliphatic hydroxyl groups excluding tert-OH is 2. The van der Waals surface area contributed by atoms with Crippen LogP contribution in [-0.4, -0.2) is 154 Å². The van der Waals surface area contributed by atoms with E-state index in [1.54, 1.807) is 42.6 Å². The highest BCUT2D eigenvalue weighted by Crippen LogP contribution is 2.22. The van der Waals surface area contributed by atoms with E-state index in [1.807, 2.05) is 18.2 Å². The number of carbonyl (C=O) groups is 9. The number of nitrogens with zero attached hydrogens (tertiary/aromatic N) is 2. The summed E-state index contributed by atoms with van der Waals surface area (Å²) in [5.41, 5.74) is 18.7. The molecule has 384 valence electrons. The molecule has 2 saturated heterocycles. The number of ketones is 2. The highest BCUT2D eigenvalue weighted by Gasteiger charge is 2.41. The van der Waals surface area contributed by atoms with Gasteiger partial charge in [-0.1, -0.05) is 67.8 Å². The molecule has 0 radical (unpaired) electrons. The van der Waals surface area contributed by atoms with Crippen LogP contribution in [0.25, 0.3) is 10.9 Å². The van der Waals surface area contributed by atoms with E-state index in [0.717, 1.165) is 10.9 Å². The molecule has 0 spiro atoms. The maximum atomic E-state index is 14.7. The third-order valence-corrected chi connectivity index (χ3v) is 12.3. The van der Waals surface area contributed by atoms with Crippen LogP contribution in [0.2, 0.25) is 0 Å². The van der Waals surface area contributed by atoms with Gasteiger partial charge in [-0.2, -0.15) is 0 Å². The summed E-state index contributed by atoms with van der Waals surface area (Å²) in [6.45, 7) is -1.13. The topological polar surface area (TPSA) is 362 Å². The van der Waals surface area contributed by atoms with Gasteiger partial charge in [0.1, 0.15) is 43.1 Å². The molecule has 7 atom stereocenters. The first-order chi connectivity index (χ1) is 34.2. The van der Waals surface area contributed by atoms with Gasteiger partial charge in [-0.15, -0.1) is 0 Å². The van der Waals surface area contributed by atoms with Crippen LogP contribution in [0.4, 0.5) is 0 Å². The van der Waals surface area contributed by atoms with Gasteiger partial charge in [0.2, 0.25) is 47.0 Å². The van der Waals surface area contributed by atoms with Gasteiger partial charge in [-0.25, -0.2) is 10.9 Å². The van der Waals surface area contributed by atoms with Crippen LogP contribution < -0.4 is 48.9 Å². The lowest BCUT2D eigenvalue weighted by molar-refractivity contribution is -0.143. The maximum Gasteiger partial charge on any atom is 0.246 e. The quantitative estimate of drug-likeness (QED) is 0.0195. The molecule has 2 fully saturated rings. The Kier molecular flexibility index (Phi) is 21.6. The number of hydrogen-bond donors (Lipinski definition) is 12. The van der Waals surface area contributed by atoms with Gasteiger partial charge in [-0.05, 0) is 62.1 Å². The van der Waals surface area contributed by atoms with Crippen LogP contribution in [0.15, 0.2) is 65.8 Å². The van der Waals surface area contributed by atoms with Crippen LogP contribution in [0.5, 0.6) is 0 Å². The molecule has 1 unspecified atom stereocenters. The fourth-order valence-electron chi connectivity index (χ4n) is 8.58. The van der Waals surface area contributed by atoms with E-state index < -0.39 is 109 Å². The van der Waals surface area contributed by atoms with Crippen molar-refractivity contribution in [1.29, 1.82) is 0 Å². The molecule has 5 rings (SSSR count). The van der Waals surface area contributed by atoms with Crippen LogP contribution in [0.3, 0.4) is 0 Å². The van der Waals surface area contributed by atoms with Crippen molar-refractivity contribution in [3.05, 3.63) is 71.9 Å². The van der Waals surface area contributed by atoms with E-state index in [-0.39, 0.29) is 64.1 Å². The highest BCUT2D eigenvalue weighted by molar-refractivity contribution is 6.41. The van der Waals surface area contributed by atoms with Crippen molar-refractivity contribution < 1.29 is 53.4 Å². The number of hydrogen-bond acceptors (Lipinski definition) is 14. The number of amides is 6. The molecular weight excluding hydrogens is 921 g/mol. The molecule has 3 aromatic rings. The van der Waals surface area contributed by atoms with Crippen molar-refractivity contribution in [3.8, 4) is 0 Å². The number of benzene rings is 2. The Morgan fingerprint density at radius 1 is 0.845 bits per heavy atom. The zero-order valence-corrected chi connectivity index (χ0v) is 39.5. The van der Waals surface area contributed by atoms with Crippen molar-refractivity contribution in [1.82, 2.24) is 47.3 Å². The average Bonchev–Trinajstić information content (AvgIpc) is 4.03. The van der Waals surface area contributed by atoms with E-state index in [9.17, 15) is 53.4 Å². The number of Topliss-reactive ketones (excluding diaryl/α,β-unsaturated/α-hetero) is 2. The van der Waals surface area contributed by atoms with Gasteiger partial charge >= 0.3 is 0 Å². The Labute approximate surface area is 410 Å². The number of nitrogens with one attached hydrogen (secondary N) is 8. The predicted molar refractivity (Wildman–Crippen MR) is 259 cm³/mol. The third kappa shape index (κ3) is 16.5. The van der Waals surface area contributed by atoms with Gasteiger partial charge in [0.25, 0.3) is 0 Å². The molecule has 14 N–H and O–H groups in total. The number of hydrazine groups is 1. The molecule has 23 nitrogen and oxygen atoms in total. The molecule has 0 aliphatic carbocycles. The van der Waals surface area contributed by atoms with Crippen LogP contribution in [0, 0.1) is 0 Å². The third-order valence-electron chi connectivity index (χ3n) is 12.3. The monoisotopic (exact) mass is 986 g/mol. The van der Waals surface area contributed by atoms with Gasteiger partial charge in [0.05, 0.1) is 25.1 Å². The average molecular weight is 987 g/mol. The molecule has 1 aromatic heterocycles. The molecule has 3 heterocycles. The Bertz CT molecular complexity index is 2360. The Morgan fingerprint density at radius 3 is 2.32 bits per heavy atom. The predicted octanol–water partition coefficient (Wildman–Crippen LogP) is -2.44. The van der Waals surface area contributed by atoms with Crippen LogP contribution in [0.1, 0.15) is 75.3 Å². The first-order valence-electron chi connectivity index (χ1n) is 23.9. The lowest BCUT2D eigenvalue weighted by Gasteiger charge is -2.31. The first-order valence-corrected chi connectivity index (χ1v) is 23.9. The highest BCUT2D eigenvalue weighted by atomic mass is 16.3. The van der Waals surface area contributed by atoms with Crippen molar-refractivity contribution in [2.45, 2.75) is 119 Å². The second-order valence-electron chi connectivity index (χ2n) is 17.6. The van der Waals surface area contributed by atoms with Crippen LogP contribution in [-0.2, 0) is 56.0 Å². The number of aromatic nitrogens is 1. The fourth-order valence-corrected chi connectivity index (χ4v) is 8.58. The standard InChI is InChI=1S/C48H66N12O11/c49-48(50)52-20-10-17-35(44(68)54-31(26-61)27-62)57-46(70)39-18-11-21-60(39)47(71)38-24-40(64)51-19-9-2-1-6-16-34(56-45(69)37(55-41(65)28-63)22-29-12-4-3-5-13-29)42(66)43(67)36(58-59-38)23-30-25-53-33-15-8-7-14-32(30)33/h3-5,7-8,12-15,25-26,31,34-39,53,58-59,62-63H,1-2,6,9-11,16-24,27-28H2,(H,51,64)(H,54,68)(H,55,65)(H,56,69)(H,57,70)(H4,49,50,52)/t31?,34-,35-,36-,37-,38-,39-/m0/s1. The van der Waals surface area contributed by atoms with Crippen LogP contribution >= 0.6 is 0 Å². The Balaban J connectivity index is 1.43. The zero-order chi connectivity index (χ0) is 51.3. The van der Waals surface area contributed by atoms with E-state index in [0.29, 0.717) is 49.5 Å². The number of guanidine groups is 1. The lowest BCUT2D eigenvalue weighted by atomic mass is 9.94. The number of likely N-dealkylation sites (tertiary alicyclic amines) is 1. The van der Waals surface area contributed by atoms with Gasteiger partial charge in [0, 0.05) is 43.2 Å². The Morgan fingerprint density at radius 2 is 1.59 bits per heavy atom. The minimum absolute atomic E-state index is 0.0178. The van der Waals surface area contributed by atoms with E-state index in [2.05, 4.69) is 47.4 Å². The summed E-state index contributed by atoms with van der Waals surface area (Å²) in [5.74, 6) is -6.35. The Hall–Kier alpha value is -7.08. The molecule has 2 aliphatic rings. The van der Waals surface area contributed by atoms with Gasteiger partial charge in [0.15, 0.2) is 5.96 Å². The normalized spacial score (nSPS) is 20.7. The summed E-state index contributed by atoms with van der Waals surface area (Å²) in [6.07, 6.45) is 4.44. The van der Waals surface area contributed by atoms with E-state index in [4.69, 9.17) is 11.5 Å². The summed E-state index contributed by atoms with van der Waals surface area (Å²) in [5, 5.41) is 32.9. The SMILES string of the molecule is NC(N)=NCCC[C@H](NC(=O)[C@@H]1CCCN1C(=O)[C@@H]1CC(=O)NCCCCCC[C@H](NC(=O)[C@H](Cc2ccccc2)NC(=O)CO)C(=O)C(=O)[C@H](Cc2c[nH]c3ccccc23)NN1)C(=O)NC(C=O)CO. The zero-order valence-electron chi connectivity index (χ0n) is 39.5. The molecule has 6 amide bonds. The minimum atomic E-state index is -1.41. The number of fused-ring (bicyclic) bond motifs is 1. The second-order valence-corrected chi connectivity index (χ2v) is 17.6. The van der Waals surface area contributed by atoms with Gasteiger partial charge in [-0.3, -0.25) is 43.3 Å². The summed E-state index contributed by atoms with van der Waals surface area (Å²) in [6, 6.07) is 7.14. The number of nitrogens with two attached hydrogens (primary N) is 2. The van der Waals surface area contributed by atoms with Gasteiger partial charge < -0.3 is 62.9 Å². The number of carbonyl (C=O) groups excluding carboxylic acids is 9. The lowest BCUT2D eigenvalue weighted by Crippen LogP contribution is -2.61. The summed E-state index contributed by atoms with van der Waals surface area (Å²) in [4.78, 5) is 131. The van der Waals surface area contributed by atoms with Crippen molar-refractivity contribution >= 4 is 70.2 Å². The number of aldehydes is 1. The number of aliphatic imine (C=N–C) groups is 1. The smallest absolute Gasteiger partial charge is 0.246 e. The molecule has 0 saturated carbocycles. The van der Waals surface area contributed by atoms with Crippen molar-refractivity contribution in [2.75, 3.05) is 32.8 Å². The summed E-state index contributed by atoms with van der Waals surface area (Å²) in [7, 11) is 0. The number of aliphatic hydroxyl groups is 2. The fraction of sp³-hybridized carbons (Fsp3) is 0.500. The molecule has 23 heteroatoms. The number of para-hydroxylation sites is 1. The minimum Gasteiger partial charge on any atom is -0.394 e. The molecular formula is C48H66N12O11. The second kappa shape index (κ2) is 27.9. The number of rotatable bonds is 19. The largest absolute Gasteiger partial charge is 0.394 e. The molecule has 2 aliphatic heterocycles. The maximum absolute atomic E-state index is 14.7. The molecule has 71 heavy (non-hydrogen) atoms. The van der Waals surface area contributed by atoms with E-state index >= 15 is 0 Å². The number of H-pyrrole nitrogens is 1. The summed E-state index contributed by atoms with van der Waals surface area (Å²) < 4.78 is 0. The first kappa shape index (κ1) is 54.9. The van der Waals surface area contributed by atoms with E-state index in [1.165, 1.54) is 4.90 Å². The number of aromatic amines is 1. The summed E-state index contributed by atoms with van der Waals surface area (Å²) >= 11 is 0. The molecule has 0 bridgehead atoms. The van der Waals surface area contributed by atoms with Crippen molar-refractivity contribution in [3.63, 3.8) is 0 Å². The molecule has 2 aromatic carbocycles. The van der Waals surface area contributed by atoms with Crippen molar-refractivity contribution in [2.24, 2.45) is 16.5 Å².